The van der Waals surface area contributed by atoms with E-state index in [1.165, 1.54) is 20.6 Å². The van der Waals surface area contributed by atoms with Gasteiger partial charge in [0.1, 0.15) is 11.5 Å². The van der Waals surface area contributed by atoms with Crippen LogP contribution < -0.4 is 9.47 Å². The minimum atomic E-state index is -0.521. The summed E-state index contributed by atoms with van der Waals surface area (Å²) in [6, 6.07) is 5.02. The van der Waals surface area contributed by atoms with Gasteiger partial charge in [-0.1, -0.05) is 26.7 Å². The van der Waals surface area contributed by atoms with Crippen LogP contribution in [0.15, 0.2) is 18.2 Å². The van der Waals surface area contributed by atoms with Gasteiger partial charge in [-0.3, -0.25) is 14.4 Å². The van der Waals surface area contributed by atoms with Crippen LogP contribution in [0.25, 0.3) is 0 Å². The van der Waals surface area contributed by atoms with Crippen LogP contribution >= 0.6 is 0 Å². The summed E-state index contributed by atoms with van der Waals surface area (Å²) < 4.78 is 15.6. The minimum absolute atomic E-state index is 0.00560. The number of carbonyl (C=O) groups excluding carboxylic acids is 3. The van der Waals surface area contributed by atoms with Gasteiger partial charge in [0.2, 0.25) is 11.7 Å². The number of amides is 1. The van der Waals surface area contributed by atoms with E-state index in [0.717, 1.165) is 12.8 Å². The normalized spacial score (nSPS) is 26.4. The molecular weight excluding hydrogens is 386 g/mol. The SMILES string of the molecule is COc1ccc(C(=O)COC(=O)[C@@H]2CC(=O)N([C@H]3CCC[C@H](C)[C@H]3C)C2)c(OC)c1. The van der Waals surface area contributed by atoms with E-state index in [4.69, 9.17) is 14.2 Å². The number of ether oxygens (including phenoxy) is 3. The van der Waals surface area contributed by atoms with Gasteiger partial charge < -0.3 is 19.1 Å². The first-order chi connectivity index (χ1) is 14.3. The maximum Gasteiger partial charge on any atom is 0.311 e. The molecule has 1 aromatic carbocycles. The van der Waals surface area contributed by atoms with E-state index in [2.05, 4.69) is 13.8 Å². The first-order valence-electron chi connectivity index (χ1n) is 10.6. The number of ketones is 1. The van der Waals surface area contributed by atoms with E-state index < -0.39 is 11.9 Å². The average molecular weight is 418 g/mol. The predicted molar refractivity (Wildman–Crippen MR) is 111 cm³/mol. The fourth-order valence-electron chi connectivity index (χ4n) is 4.56. The topological polar surface area (TPSA) is 82.1 Å². The van der Waals surface area contributed by atoms with Gasteiger partial charge >= 0.3 is 5.97 Å². The summed E-state index contributed by atoms with van der Waals surface area (Å²) in [6.07, 6.45) is 3.42. The molecule has 4 atom stereocenters. The lowest BCUT2D eigenvalue weighted by Crippen LogP contribution is -2.45. The molecule has 0 N–H and O–H groups in total. The second-order valence-electron chi connectivity index (χ2n) is 8.38. The summed E-state index contributed by atoms with van der Waals surface area (Å²) in [5, 5.41) is 0. The lowest BCUT2D eigenvalue weighted by Gasteiger charge is -2.39. The quantitative estimate of drug-likeness (QED) is 0.501. The minimum Gasteiger partial charge on any atom is -0.497 e. The Morgan fingerprint density at radius 3 is 2.60 bits per heavy atom. The largest absolute Gasteiger partial charge is 0.497 e. The van der Waals surface area contributed by atoms with Gasteiger partial charge in [-0.2, -0.15) is 0 Å². The van der Waals surface area contributed by atoms with Gasteiger partial charge in [0.25, 0.3) is 0 Å². The second-order valence-corrected chi connectivity index (χ2v) is 8.38. The molecule has 1 aliphatic carbocycles. The molecule has 0 aromatic heterocycles. The van der Waals surface area contributed by atoms with E-state index in [9.17, 15) is 14.4 Å². The van der Waals surface area contributed by atoms with Gasteiger partial charge in [0.05, 0.1) is 25.7 Å². The molecule has 1 saturated heterocycles. The first-order valence-corrected chi connectivity index (χ1v) is 10.6. The lowest BCUT2D eigenvalue weighted by molar-refractivity contribution is -0.147. The Kier molecular flexibility index (Phi) is 7.00. The third-order valence-corrected chi connectivity index (χ3v) is 6.61. The van der Waals surface area contributed by atoms with Crippen molar-refractivity contribution in [3.63, 3.8) is 0 Å². The molecule has 1 aliphatic heterocycles. The first kappa shape index (κ1) is 22.1. The third-order valence-electron chi connectivity index (χ3n) is 6.61. The van der Waals surface area contributed by atoms with Crippen molar-refractivity contribution in [3.8, 4) is 11.5 Å². The average Bonchev–Trinajstić information content (AvgIpc) is 3.14. The highest BCUT2D eigenvalue weighted by molar-refractivity contribution is 6.00. The number of hydrogen-bond acceptors (Lipinski definition) is 6. The molecule has 0 radical (unpaired) electrons. The summed E-state index contributed by atoms with van der Waals surface area (Å²) >= 11 is 0. The fourth-order valence-corrected chi connectivity index (χ4v) is 4.56. The molecule has 0 unspecified atom stereocenters. The van der Waals surface area contributed by atoms with E-state index in [1.54, 1.807) is 18.2 Å². The number of Topliss-reactive ketones (excluding diaryl/α,β-unsaturated/α-hetero) is 1. The van der Waals surface area contributed by atoms with Crippen LogP contribution in [0.3, 0.4) is 0 Å². The fraction of sp³-hybridized carbons (Fsp3) is 0.609. The Balaban J connectivity index is 1.58. The number of methoxy groups -OCH3 is 2. The van der Waals surface area contributed by atoms with Crippen LogP contribution in [-0.2, 0) is 14.3 Å². The number of likely N-dealkylation sites (tertiary alicyclic amines) is 1. The summed E-state index contributed by atoms with van der Waals surface area (Å²) in [5.74, 6) is 0.538. The van der Waals surface area contributed by atoms with Crippen molar-refractivity contribution in [1.82, 2.24) is 4.90 Å². The maximum atomic E-state index is 12.6. The zero-order chi connectivity index (χ0) is 21.8. The van der Waals surface area contributed by atoms with Crippen LogP contribution in [0, 0.1) is 17.8 Å². The van der Waals surface area contributed by atoms with Crippen molar-refractivity contribution in [2.45, 2.75) is 45.6 Å². The van der Waals surface area contributed by atoms with Gasteiger partial charge in [0.15, 0.2) is 6.61 Å². The van der Waals surface area contributed by atoms with E-state index in [-0.39, 0.29) is 30.8 Å². The Bertz CT molecular complexity index is 807. The van der Waals surface area contributed by atoms with Gasteiger partial charge in [0, 0.05) is 25.1 Å². The molecule has 2 aliphatic rings. The van der Waals surface area contributed by atoms with E-state index in [0.29, 0.717) is 35.4 Å². The van der Waals surface area contributed by atoms with Crippen molar-refractivity contribution in [3.05, 3.63) is 23.8 Å². The highest BCUT2D eigenvalue weighted by atomic mass is 16.5. The molecule has 1 amide bonds. The summed E-state index contributed by atoms with van der Waals surface area (Å²) in [4.78, 5) is 39.5. The predicted octanol–water partition coefficient (Wildman–Crippen LogP) is 3.10. The van der Waals surface area contributed by atoms with Crippen molar-refractivity contribution >= 4 is 17.7 Å². The highest BCUT2D eigenvalue weighted by Gasteiger charge is 2.42. The van der Waals surface area contributed by atoms with Crippen molar-refractivity contribution < 1.29 is 28.6 Å². The standard InChI is InChI=1S/C23H31NO6/c1-14-6-5-7-19(15(14)2)24-12-16(10-22(24)26)23(27)30-13-20(25)18-9-8-17(28-3)11-21(18)29-4/h8-9,11,14-16,19H,5-7,10,12-13H2,1-4H3/t14-,15+,16+,19-/m0/s1. The number of nitrogens with zero attached hydrogens (tertiary/aromatic N) is 1. The summed E-state index contributed by atoms with van der Waals surface area (Å²) in [7, 11) is 2.99. The monoisotopic (exact) mass is 417 g/mol. The van der Waals surface area contributed by atoms with Gasteiger partial charge in [-0.25, -0.2) is 0 Å². The Morgan fingerprint density at radius 2 is 1.90 bits per heavy atom. The number of rotatable bonds is 7. The maximum absolute atomic E-state index is 12.6. The zero-order valence-electron chi connectivity index (χ0n) is 18.2. The number of carbonyl (C=O) groups is 3. The van der Waals surface area contributed by atoms with Gasteiger partial charge in [-0.05, 0) is 30.4 Å². The van der Waals surface area contributed by atoms with Crippen molar-refractivity contribution in [1.29, 1.82) is 0 Å². The summed E-state index contributed by atoms with van der Waals surface area (Å²) in [5.41, 5.74) is 0.320. The molecule has 7 nitrogen and oxygen atoms in total. The molecule has 1 saturated carbocycles. The Morgan fingerprint density at radius 1 is 1.13 bits per heavy atom. The van der Waals surface area contributed by atoms with E-state index >= 15 is 0 Å². The van der Waals surface area contributed by atoms with Crippen LogP contribution in [-0.4, -0.2) is 56.0 Å². The molecular formula is C23H31NO6. The molecule has 7 heteroatoms. The smallest absolute Gasteiger partial charge is 0.311 e. The Hall–Kier alpha value is -2.57. The Labute approximate surface area is 177 Å². The molecule has 1 aromatic rings. The van der Waals surface area contributed by atoms with Crippen LogP contribution in [0.1, 0.15) is 49.9 Å². The molecule has 1 heterocycles. The van der Waals surface area contributed by atoms with E-state index in [1.807, 2.05) is 4.90 Å². The highest BCUT2D eigenvalue weighted by Crippen LogP contribution is 2.36. The molecule has 164 valence electrons. The zero-order valence-corrected chi connectivity index (χ0v) is 18.2. The molecule has 0 spiro atoms. The lowest BCUT2D eigenvalue weighted by atomic mass is 9.77. The molecule has 30 heavy (non-hydrogen) atoms. The van der Waals surface area contributed by atoms with Crippen molar-refractivity contribution in [2.24, 2.45) is 17.8 Å². The second kappa shape index (κ2) is 9.49. The van der Waals surface area contributed by atoms with Crippen LogP contribution in [0.4, 0.5) is 0 Å². The van der Waals surface area contributed by atoms with Crippen LogP contribution in [0.2, 0.25) is 0 Å². The molecule has 0 bridgehead atoms. The van der Waals surface area contributed by atoms with Gasteiger partial charge in [-0.15, -0.1) is 0 Å². The molecule has 3 rings (SSSR count). The summed E-state index contributed by atoms with van der Waals surface area (Å²) in [6.45, 7) is 4.40. The third kappa shape index (κ3) is 4.60. The van der Waals surface area contributed by atoms with Crippen molar-refractivity contribution in [2.75, 3.05) is 27.4 Å². The molecule has 2 fully saturated rings. The number of hydrogen-bond donors (Lipinski definition) is 0. The number of benzene rings is 1. The van der Waals surface area contributed by atoms with Crippen LogP contribution in [0.5, 0.6) is 11.5 Å². The number of esters is 1.